The molecular weight excluding hydrogens is 282 g/mol. The second kappa shape index (κ2) is 6.71. The first-order chi connectivity index (χ1) is 10.6. The Morgan fingerprint density at radius 1 is 1.05 bits per heavy atom. The molecule has 2 aromatic rings. The highest BCUT2D eigenvalue weighted by atomic mass is 16.5. The zero-order valence-electron chi connectivity index (χ0n) is 12.8. The van der Waals surface area contributed by atoms with Gasteiger partial charge in [-0.05, 0) is 30.3 Å². The van der Waals surface area contributed by atoms with Crippen molar-refractivity contribution in [2.75, 3.05) is 32.3 Å². The first kappa shape index (κ1) is 15.5. The number of hydrogen-bond donors (Lipinski definition) is 3. The highest BCUT2D eigenvalue weighted by Gasteiger charge is 2.09. The molecule has 4 N–H and O–H groups in total. The number of nitrogens with two attached hydrogens (primary N) is 1. The summed E-state index contributed by atoms with van der Waals surface area (Å²) in [5.41, 5.74) is 8.42. The van der Waals surface area contributed by atoms with Crippen LogP contribution in [0.1, 0.15) is 10.4 Å². The molecule has 0 atom stereocenters. The van der Waals surface area contributed by atoms with Crippen LogP contribution in [0.15, 0.2) is 36.4 Å². The number of benzene rings is 2. The van der Waals surface area contributed by atoms with Gasteiger partial charge >= 0.3 is 0 Å². The zero-order valence-corrected chi connectivity index (χ0v) is 12.8. The van der Waals surface area contributed by atoms with Crippen molar-refractivity contribution in [3.63, 3.8) is 0 Å². The van der Waals surface area contributed by atoms with Crippen LogP contribution < -0.4 is 25.8 Å². The van der Waals surface area contributed by atoms with Gasteiger partial charge in [-0.3, -0.25) is 4.79 Å². The number of hydrogen-bond acceptors (Lipinski definition) is 5. The van der Waals surface area contributed by atoms with Gasteiger partial charge in [0.15, 0.2) is 0 Å². The molecule has 0 unspecified atom stereocenters. The Morgan fingerprint density at radius 3 is 2.36 bits per heavy atom. The number of amides is 1. The molecule has 0 saturated heterocycles. The second-order valence-electron chi connectivity index (χ2n) is 4.57. The monoisotopic (exact) mass is 301 g/mol. The van der Waals surface area contributed by atoms with E-state index in [1.807, 2.05) is 12.1 Å². The average molecular weight is 301 g/mol. The van der Waals surface area contributed by atoms with E-state index in [4.69, 9.17) is 15.2 Å². The van der Waals surface area contributed by atoms with Gasteiger partial charge in [0.25, 0.3) is 5.91 Å². The predicted octanol–water partition coefficient (Wildman–Crippen LogP) is 2.39. The van der Waals surface area contributed by atoms with Gasteiger partial charge in [-0.25, -0.2) is 0 Å². The molecule has 2 aromatic carbocycles. The minimum absolute atomic E-state index is 0.180. The summed E-state index contributed by atoms with van der Waals surface area (Å²) >= 11 is 0. The van der Waals surface area contributed by atoms with Crippen LogP contribution >= 0.6 is 0 Å². The standard InChI is InChI=1S/C16H19N3O3/c1-18-16(20)10-4-6-13(12(17)8-10)19-14-7-5-11(21-2)9-15(14)22-3/h4-9,19H,17H2,1-3H3,(H,18,20). The van der Waals surface area contributed by atoms with Gasteiger partial charge in [-0.15, -0.1) is 0 Å². The van der Waals surface area contributed by atoms with E-state index in [0.29, 0.717) is 28.4 Å². The smallest absolute Gasteiger partial charge is 0.251 e. The third-order valence-electron chi connectivity index (χ3n) is 3.22. The first-order valence-corrected chi connectivity index (χ1v) is 6.69. The maximum absolute atomic E-state index is 11.6. The van der Waals surface area contributed by atoms with Crippen molar-refractivity contribution in [3.8, 4) is 11.5 Å². The van der Waals surface area contributed by atoms with Crippen LogP contribution in [-0.2, 0) is 0 Å². The summed E-state index contributed by atoms with van der Waals surface area (Å²) in [5, 5.41) is 5.75. The number of methoxy groups -OCH3 is 2. The van der Waals surface area contributed by atoms with Gasteiger partial charge in [0, 0.05) is 18.7 Å². The molecule has 0 fully saturated rings. The highest BCUT2D eigenvalue weighted by molar-refractivity contribution is 5.96. The van der Waals surface area contributed by atoms with Crippen molar-refractivity contribution < 1.29 is 14.3 Å². The zero-order chi connectivity index (χ0) is 16.1. The maximum Gasteiger partial charge on any atom is 0.251 e. The highest BCUT2D eigenvalue weighted by Crippen LogP contribution is 2.33. The van der Waals surface area contributed by atoms with Crippen LogP contribution in [0.5, 0.6) is 11.5 Å². The largest absolute Gasteiger partial charge is 0.497 e. The van der Waals surface area contributed by atoms with Crippen molar-refractivity contribution in [2.45, 2.75) is 0 Å². The van der Waals surface area contributed by atoms with E-state index < -0.39 is 0 Å². The molecular formula is C16H19N3O3. The molecule has 22 heavy (non-hydrogen) atoms. The number of nitrogens with one attached hydrogen (secondary N) is 2. The quantitative estimate of drug-likeness (QED) is 0.738. The van der Waals surface area contributed by atoms with Gasteiger partial charge in [0.2, 0.25) is 0 Å². The van der Waals surface area contributed by atoms with E-state index in [0.717, 1.165) is 5.69 Å². The molecule has 0 heterocycles. The molecule has 0 bridgehead atoms. The molecule has 0 saturated carbocycles. The summed E-state index contributed by atoms with van der Waals surface area (Å²) in [6.07, 6.45) is 0. The van der Waals surface area contributed by atoms with Crippen molar-refractivity contribution >= 4 is 23.0 Å². The van der Waals surface area contributed by atoms with Crippen LogP contribution in [0.4, 0.5) is 17.1 Å². The fourth-order valence-corrected chi connectivity index (χ4v) is 2.01. The number of rotatable bonds is 5. The molecule has 0 spiro atoms. The van der Waals surface area contributed by atoms with Crippen LogP contribution in [0, 0.1) is 0 Å². The van der Waals surface area contributed by atoms with E-state index in [1.54, 1.807) is 45.5 Å². The summed E-state index contributed by atoms with van der Waals surface area (Å²) < 4.78 is 10.5. The molecule has 0 radical (unpaired) electrons. The van der Waals surface area contributed by atoms with Crippen LogP contribution in [0.2, 0.25) is 0 Å². The van der Waals surface area contributed by atoms with Crippen LogP contribution in [-0.4, -0.2) is 27.2 Å². The SMILES string of the molecule is CNC(=O)c1ccc(Nc2ccc(OC)cc2OC)c(N)c1. The van der Waals surface area contributed by atoms with Crippen molar-refractivity contribution in [2.24, 2.45) is 0 Å². The molecule has 2 rings (SSSR count). The lowest BCUT2D eigenvalue weighted by Gasteiger charge is -2.14. The Bertz CT molecular complexity index is 686. The van der Waals surface area contributed by atoms with Gasteiger partial charge < -0.3 is 25.8 Å². The third kappa shape index (κ3) is 3.22. The maximum atomic E-state index is 11.6. The summed E-state index contributed by atoms with van der Waals surface area (Å²) in [7, 11) is 4.75. The Kier molecular flexibility index (Phi) is 4.73. The van der Waals surface area contributed by atoms with Gasteiger partial charge in [0.1, 0.15) is 11.5 Å². The number of carbonyl (C=O) groups excluding carboxylic acids is 1. The fourth-order valence-electron chi connectivity index (χ4n) is 2.01. The van der Waals surface area contributed by atoms with Crippen molar-refractivity contribution in [1.29, 1.82) is 0 Å². The molecule has 6 nitrogen and oxygen atoms in total. The molecule has 6 heteroatoms. The normalized spacial score (nSPS) is 9.95. The van der Waals surface area contributed by atoms with Crippen molar-refractivity contribution in [1.82, 2.24) is 5.32 Å². The molecule has 116 valence electrons. The predicted molar refractivity (Wildman–Crippen MR) is 87.1 cm³/mol. The molecule has 0 aliphatic carbocycles. The molecule has 0 aromatic heterocycles. The van der Waals surface area contributed by atoms with Crippen LogP contribution in [0.3, 0.4) is 0 Å². The summed E-state index contributed by atoms with van der Waals surface area (Å²) in [5.74, 6) is 1.15. The average Bonchev–Trinajstić information content (AvgIpc) is 2.56. The number of ether oxygens (including phenoxy) is 2. The summed E-state index contributed by atoms with van der Waals surface area (Å²) in [6.45, 7) is 0. The Morgan fingerprint density at radius 2 is 1.77 bits per heavy atom. The Labute approximate surface area is 129 Å². The van der Waals surface area contributed by atoms with Gasteiger partial charge in [-0.1, -0.05) is 0 Å². The van der Waals surface area contributed by atoms with Crippen molar-refractivity contribution in [3.05, 3.63) is 42.0 Å². The molecule has 0 aliphatic heterocycles. The number of carbonyl (C=O) groups is 1. The molecule has 0 aliphatic rings. The van der Waals surface area contributed by atoms with E-state index in [-0.39, 0.29) is 5.91 Å². The number of anilines is 3. The van der Waals surface area contributed by atoms with E-state index >= 15 is 0 Å². The Balaban J connectivity index is 2.29. The minimum atomic E-state index is -0.180. The first-order valence-electron chi connectivity index (χ1n) is 6.69. The lowest BCUT2D eigenvalue weighted by molar-refractivity contribution is 0.0963. The second-order valence-corrected chi connectivity index (χ2v) is 4.57. The van der Waals surface area contributed by atoms with E-state index in [1.165, 1.54) is 0 Å². The minimum Gasteiger partial charge on any atom is -0.497 e. The summed E-state index contributed by atoms with van der Waals surface area (Å²) in [4.78, 5) is 11.6. The summed E-state index contributed by atoms with van der Waals surface area (Å²) in [6, 6.07) is 10.5. The van der Waals surface area contributed by atoms with Gasteiger partial charge in [-0.2, -0.15) is 0 Å². The fraction of sp³-hybridized carbons (Fsp3) is 0.188. The lowest BCUT2D eigenvalue weighted by Crippen LogP contribution is -2.18. The van der Waals surface area contributed by atoms with Gasteiger partial charge in [0.05, 0.1) is 31.3 Å². The number of nitrogen functional groups attached to an aromatic ring is 1. The van der Waals surface area contributed by atoms with Crippen LogP contribution in [0.25, 0.3) is 0 Å². The molecule has 1 amide bonds. The van der Waals surface area contributed by atoms with E-state index in [2.05, 4.69) is 10.6 Å². The Hall–Kier alpha value is -2.89. The lowest BCUT2D eigenvalue weighted by atomic mass is 10.1. The third-order valence-corrected chi connectivity index (χ3v) is 3.22. The van der Waals surface area contributed by atoms with E-state index in [9.17, 15) is 4.79 Å². The topological polar surface area (TPSA) is 85.6 Å².